The fraction of sp³-hybridized carbons (Fsp3) is 0.412. The minimum atomic E-state index is 0.0969. The molecule has 0 bridgehead atoms. The molecule has 0 aliphatic carbocycles. The van der Waals surface area contributed by atoms with Crippen molar-refractivity contribution in [3.8, 4) is 0 Å². The molecule has 1 aromatic heterocycles. The van der Waals surface area contributed by atoms with Gasteiger partial charge in [-0.2, -0.15) is 0 Å². The quantitative estimate of drug-likeness (QED) is 0.656. The molecule has 4 nitrogen and oxygen atoms in total. The summed E-state index contributed by atoms with van der Waals surface area (Å²) in [4.78, 5) is 7.15. The second-order valence-corrected chi connectivity index (χ2v) is 5.86. The van der Waals surface area contributed by atoms with E-state index in [1.54, 1.807) is 0 Å². The number of hydrogen-bond donors (Lipinski definition) is 2. The van der Waals surface area contributed by atoms with E-state index in [0.717, 1.165) is 28.8 Å². The van der Waals surface area contributed by atoms with E-state index in [-0.39, 0.29) is 5.84 Å². The van der Waals surface area contributed by atoms with Crippen molar-refractivity contribution in [1.82, 2.24) is 4.98 Å². The van der Waals surface area contributed by atoms with Crippen molar-refractivity contribution >= 4 is 22.6 Å². The molecule has 1 atom stereocenters. The van der Waals surface area contributed by atoms with Gasteiger partial charge in [-0.3, -0.25) is 5.41 Å². The van der Waals surface area contributed by atoms with Crippen LogP contribution in [0.3, 0.4) is 0 Å². The van der Waals surface area contributed by atoms with Gasteiger partial charge in [-0.25, -0.2) is 4.98 Å². The molecule has 1 aliphatic heterocycles. The number of fused-ring (bicyclic) bond motifs is 1. The number of nitrogens with zero attached hydrogens (tertiary/aromatic N) is 2. The number of anilines is 1. The molecule has 1 aromatic carbocycles. The van der Waals surface area contributed by atoms with E-state index in [1.165, 1.54) is 25.7 Å². The van der Waals surface area contributed by atoms with Gasteiger partial charge in [0.2, 0.25) is 0 Å². The van der Waals surface area contributed by atoms with Crippen LogP contribution in [0, 0.1) is 5.41 Å². The Morgan fingerprint density at radius 1 is 1.29 bits per heavy atom. The molecular weight excluding hydrogens is 260 g/mol. The van der Waals surface area contributed by atoms with Crippen LogP contribution >= 0.6 is 0 Å². The van der Waals surface area contributed by atoms with Gasteiger partial charge >= 0.3 is 0 Å². The van der Waals surface area contributed by atoms with Gasteiger partial charge in [-0.05, 0) is 31.9 Å². The van der Waals surface area contributed by atoms with Gasteiger partial charge < -0.3 is 10.6 Å². The minimum Gasteiger partial charge on any atom is -0.384 e. The van der Waals surface area contributed by atoms with Crippen molar-refractivity contribution < 1.29 is 0 Å². The molecule has 1 unspecified atom stereocenters. The molecule has 0 radical (unpaired) electrons. The summed E-state index contributed by atoms with van der Waals surface area (Å²) in [5, 5.41) is 8.94. The van der Waals surface area contributed by atoms with Crippen molar-refractivity contribution in [2.45, 2.75) is 38.6 Å². The second kappa shape index (κ2) is 5.72. The summed E-state index contributed by atoms with van der Waals surface area (Å²) >= 11 is 0. The molecule has 1 aliphatic rings. The van der Waals surface area contributed by atoms with E-state index in [9.17, 15) is 0 Å². The van der Waals surface area contributed by atoms with Gasteiger partial charge in [0.25, 0.3) is 0 Å². The maximum Gasteiger partial charge on any atom is 0.140 e. The number of nitrogens with one attached hydrogen (secondary N) is 1. The zero-order valence-electron chi connectivity index (χ0n) is 12.5. The summed E-state index contributed by atoms with van der Waals surface area (Å²) < 4.78 is 0. The van der Waals surface area contributed by atoms with E-state index in [4.69, 9.17) is 16.1 Å². The summed E-state index contributed by atoms with van der Waals surface area (Å²) in [7, 11) is 0. The Balaban J connectivity index is 2.14. The third-order valence-corrected chi connectivity index (χ3v) is 4.32. The van der Waals surface area contributed by atoms with E-state index in [1.807, 2.05) is 30.3 Å². The number of para-hydroxylation sites is 1. The molecule has 0 spiro atoms. The Hall–Kier alpha value is -2.10. The van der Waals surface area contributed by atoms with E-state index < -0.39 is 0 Å². The molecule has 0 saturated carbocycles. The minimum absolute atomic E-state index is 0.0969. The number of benzene rings is 1. The van der Waals surface area contributed by atoms with Crippen LogP contribution in [0.1, 0.15) is 38.2 Å². The fourth-order valence-electron chi connectivity index (χ4n) is 3.11. The van der Waals surface area contributed by atoms with Crippen molar-refractivity contribution in [1.29, 1.82) is 5.41 Å². The zero-order chi connectivity index (χ0) is 14.8. The van der Waals surface area contributed by atoms with Crippen LogP contribution < -0.4 is 10.6 Å². The molecule has 2 aromatic rings. The Morgan fingerprint density at radius 3 is 2.90 bits per heavy atom. The normalized spacial score (nSPS) is 19.5. The fourth-order valence-corrected chi connectivity index (χ4v) is 3.11. The predicted octanol–water partition coefficient (Wildman–Crippen LogP) is 3.29. The number of nitrogen functional groups attached to an aromatic ring is 1. The smallest absolute Gasteiger partial charge is 0.140 e. The average Bonchev–Trinajstić information content (AvgIpc) is 2.70. The molecule has 3 N–H and O–H groups in total. The molecule has 4 heteroatoms. The third kappa shape index (κ3) is 2.71. The zero-order valence-corrected chi connectivity index (χ0v) is 12.5. The van der Waals surface area contributed by atoms with Gasteiger partial charge in [0.15, 0.2) is 0 Å². The Kier molecular flexibility index (Phi) is 3.78. The Morgan fingerprint density at radius 2 is 2.10 bits per heavy atom. The molecule has 1 fully saturated rings. The number of hydrogen-bond acceptors (Lipinski definition) is 3. The highest BCUT2D eigenvalue weighted by molar-refractivity contribution is 6.03. The largest absolute Gasteiger partial charge is 0.384 e. The molecular formula is C17H22N4. The first kappa shape index (κ1) is 13.9. The molecule has 110 valence electrons. The van der Waals surface area contributed by atoms with Crippen LogP contribution in [0.5, 0.6) is 0 Å². The van der Waals surface area contributed by atoms with Crippen molar-refractivity contribution in [2.75, 3.05) is 11.4 Å². The third-order valence-electron chi connectivity index (χ3n) is 4.32. The standard InChI is InChI=1S/C17H22N4/c1-12-7-3-2-6-10-21(12)17-14(16(18)19)11-13-8-4-5-9-15(13)20-17/h4-5,8-9,11-12H,2-3,6-7,10H2,1H3,(H3,18,19). The van der Waals surface area contributed by atoms with Crippen LogP contribution in [0.2, 0.25) is 0 Å². The average molecular weight is 282 g/mol. The number of pyridine rings is 1. The lowest BCUT2D eigenvalue weighted by Crippen LogP contribution is -2.35. The van der Waals surface area contributed by atoms with Crippen LogP contribution in [-0.2, 0) is 0 Å². The molecule has 2 heterocycles. The number of nitrogens with two attached hydrogens (primary N) is 1. The molecule has 21 heavy (non-hydrogen) atoms. The summed E-state index contributed by atoms with van der Waals surface area (Å²) in [5.74, 6) is 0.968. The number of amidine groups is 1. The van der Waals surface area contributed by atoms with E-state index in [2.05, 4.69) is 11.8 Å². The number of rotatable bonds is 2. The van der Waals surface area contributed by atoms with E-state index in [0.29, 0.717) is 6.04 Å². The Bertz CT molecular complexity index is 665. The first-order valence-electron chi connectivity index (χ1n) is 7.67. The topological polar surface area (TPSA) is 66.0 Å². The van der Waals surface area contributed by atoms with Crippen molar-refractivity contribution in [3.05, 3.63) is 35.9 Å². The summed E-state index contributed by atoms with van der Waals surface area (Å²) in [6.45, 7) is 3.24. The highest BCUT2D eigenvalue weighted by Gasteiger charge is 2.22. The van der Waals surface area contributed by atoms with Crippen LogP contribution in [0.15, 0.2) is 30.3 Å². The summed E-state index contributed by atoms with van der Waals surface area (Å²) in [6.07, 6.45) is 4.88. The monoisotopic (exact) mass is 282 g/mol. The summed E-state index contributed by atoms with van der Waals surface area (Å²) in [6, 6.07) is 10.5. The van der Waals surface area contributed by atoms with Crippen molar-refractivity contribution in [3.63, 3.8) is 0 Å². The lowest BCUT2D eigenvalue weighted by Gasteiger charge is -2.30. The van der Waals surface area contributed by atoms with E-state index >= 15 is 0 Å². The lowest BCUT2D eigenvalue weighted by molar-refractivity contribution is 0.611. The molecule has 3 rings (SSSR count). The van der Waals surface area contributed by atoms with Gasteiger partial charge in [-0.1, -0.05) is 31.0 Å². The second-order valence-electron chi connectivity index (χ2n) is 5.86. The maximum atomic E-state index is 7.90. The van der Waals surface area contributed by atoms with Crippen LogP contribution in [0.4, 0.5) is 5.82 Å². The highest BCUT2D eigenvalue weighted by Crippen LogP contribution is 2.28. The lowest BCUT2D eigenvalue weighted by atomic mass is 10.1. The summed E-state index contributed by atoms with van der Waals surface area (Å²) in [5.41, 5.74) is 7.53. The van der Waals surface area contributed by atoms with Gasteiger partial charge in [0, 0.05) is 18.0 Å². The number of aromatic nitrogens is 1. The molecule has 0 amide bonds. The highest BCUT2D eigenvalue weighted by atomic mass is 15.2. The van der Waals surface area contributed by atoms with Gasteiger partial charge in [0.05, 0.1) is 11.1 Å². The SMILES string of the molecule is CC1CCCCCN1c1nc2ccccc2cc1C(=N)N. The Labute approximate surface area is 125 Å². The first-order valence-corrected chi connectivity index (χ1v) is 7.67. The van der Waals surface area contributed by atoms with Gasteiger partial charge in [-0.15, -0.1) is 0 Å². The maximum absolute atomic E-state index is 7.90. The predicted molar refractivity (Wildman–Crippen MR) is 88.0 cm³/mol. The van der Waals surface area contributed by atoms with Crippen LogP contribution in [0.25, 0.3) is 10.9 Å². The first-order chi connectivity index (χ1) is 10.2. The van der Waals surface area contributed by atoms with Crippen LogP contribution in [-0.4, -0.2) is 23.4 Å². The van der Waals surface area contributed by atoms with Gasteiger partial charge in [0.1, 0.15) is 11.7 Å². The van der Waals surface area contributed by atoms with Crippen molar-refractivity contribution in [2.24, 2.45) is 5.73 Å². The molecule has 1 saturated heterocycles.